The minimum absolute atomic E-state index is 0.441. The molecule has 0 unspecified atom stereocenters. The molecule has 0 amide bonds. The molecule has 0 radical (unpaired) electrons. The van der Waals surface area contributed by atoms with E-state index in [-0.39, 0.29) is 0 Å². The van der Waals surface area contributed by atoms with Crippen LogP contribution in [0.4, 0.5) is 0 Å². The maximum atomic E-state index is 11.2. The van der Waals surface area contributed by atoms with E-state index in [1.807, 2.05) is 6.92 Å². The summed E-state index contributed by atoms with van der Waals surface area (Å²) in [5, 5.41) is 0. The maximum Gasteiger partial charge on any atom is 0.132 e. The molecule has 1 aliphatic rings. The van der Waals surface area contributed by atoms with Crippen molar-refractivity contribution in [3.63, 3.8) is 0 Å². The quantitative estimate of drug-likeness (QED) is 0.644. The van der Waals surface area contributed by atoms with Crippen molar-refractivity contribution in [2.45, 2.75) is 72.1 Å². The van der Waals surface area contributed by atoms with Crippen LogP contribution in [0.15, 0.2) is 0 Å². The lowest BCUT2D eigenvalue weighted by Gasteiger charge is -2.30. The SMILES string of the molecule is CCC(=O)CCCC1CCC(C(C)C)CC1. The summed E-state index contributed by atoms with van der Waals surface area (Å²) < 4.78 is 0. The fourth-order valence-corrected chi connectivity index (χ4v) is 2.91. The molecular formula is C15H28O. The highest BCUT2D eigenvalue weighted by molar-refractivity contribution is 5.77. The smallest absolute Gasteiger partial charge is 0.132 e. The first-order valence-electron chi connectivity index (χ1n) is 7.15. The predicted molar refractivity (Wildman–Crippen MR) is 69.4 cm³/mol. The van der Waals surface area contributed by atoms with E-state index in [1.54, 1.807) is 0 Å². The molecule has 0 atom stereocenters. The number of hydrogen-bond donors (Lipinski definition) is 0. The molecule has 94 valence electrons. The maximum absolute atomic E-state index is 11.2. The van der Waals surface area contributed by atoms with Crippen LogP contribution in [-0.2, 0) is 4.79 Å². The van der Waals surface area contributed by atoms with E-state index in [4.69, 9.17) is 0 Å². The molecule has 0 bridgehead atoms. The van der Waals surface area contributed by atoms with Crippen molar-refractivity contribution >= 4 is 5.78 Å². The molecule has 0 aromatic rings. The molecule has 1 rings (SSSR count). The third kappa shape index (κ3) is 4.67. The number of carbonyl (C=O) groups excluding carboxylic acids is 1. The molecule has 1 nitrogen and oxygen atoms in total. The van der Waals surface area contributed by atoms with E-state index in [0.29, 0.717) is 5.78 Å². The molecule has 0 saturated heterocycles. The lowest BCUT2D eigenvalue weighted by molar-refractivity contribution is -0.118. The molecule has 0 aliphatic heterocycles. The molecule has 1 aliphatic carbocycles. The zero-order chi connectivity index (χ0) is 12.0. The molecule has 0 N–H and O–H groups in total. The summed E-state index contributed by atoms with van der Waals surface area (Å²) in [5.74, 6) is 3.19. The van der Waals surface area contributed by atoms with Crippen LogP contribution in [0.2, 0.25) is 0 Å². The van der Waals surface area contributed by atoms with Gasteiger partial charge in [-0.25, -0.2) is 0 Å². The Kier molecular flexibility index (Phi) is 6.08. The third-order valence-corrected chi connectivity index (χ3v) is 4.30. The summed E-state index contributed by atoms with van der Waals surface area (Å²) in [6.07, 6.45) is 9.61. The fraction of sp³-hybridized carbons (Fsp3) is 0.933. The highest BCUT2D eigenvalue weighted by Gasteiger charge is 2.22. The van der Waals surface area contributed by atoms with Crippen LogP contribution >= 0.6 is 0 Å². The Bertz CT molecular complexity index is 199. The van der Waals surface area contributed by atoms with Crippen molar-refractivity contribution in [1.29, 1.82) is 0 Å². The highest BCUT2D eigenvalue weighted by atomic mass is 16.1. The van der Waals surface area contributed by atoms with E-state index < -0.39 is 0 Å². The summed E-state index contributed by atoms with van der Waals surface area (Å²) in [5.41, 5.74) is 0. The van der Waals surface area contributed by atoms with Crippen molar-refractivity contribution in [1.82, 2.24) is 0 Å². The van der Waals surface area contributed by atoms with Crippen LogP contribution in [0.25, 0.3) is 0 Å². The Labute approximate surface area is 101 Å². The van der Waals surface area contributed by atoms with Gasteiger partial charge >= 0.3 is 0 Å². The number of carbonyl (C=O) groups is 1. The number of Topliss-reactive ketones (excluding diaryl/α,β-unsaturated/α-hetero) is 1. The summed E-state index contributed by atoms with van der Waals surface area (Å²) in [7, 11) is 0. The van der Waals surface area contributed by atoms with Gasteiger partial charge in [0.15, 0.2) is 0 Å². The summed E-state index contributed by atoms with van der Waals surface area (Å²) in [6.45, 7) is 6.67. The van der Waals surface area contributed by atoms with Gasteiger partial charge in [0.1, 0.15) is 5.78 Å². The molecular weight excluding hydrogens is 196 g/mol. The Hall–Kier alpha value is -0.330. The molecule has 1 fully saturated rings. The summed E-state index contributed by atoms with van der Waals surface area (Å²) in [4.78, 5) is 11.2. The van der Waals surface area contributed by atoms with Crippen LogP contribution < -0.4 is 0 Å². The standard InChI is InChI=1S/C15H28O/c1-4-15(16)7-5-6-13-8-10-14(11-9-13)12(2)3/h12-14H,4-11H2,1-3H3. The van der Waals surface area contributed by atoms with Crippen molar-refractivity contribution in [2.24, 2.45) is 17.8 Å². The molecule has 0 spiro atoms. The van der Waals surface area contributed by atoms with Gasteiger partial charge in [-0.05, 0) is 37.0 Å². The first-order chi connectivity index (χ1) is 7.63. The van der Waals surface area contributed by atoms with Gasteiger partial charge in [0.25, 0.3) is 0 Å². The van der Waals surface area contributed by atoms with Crippen molar-refractivity contribution in [3.05, 3.63) is 0 Å². The van der Waals surface area contributed by atoms with E-state index in [0.717, 1.165) is 37.0 Å². The van der Waals surface area contributed by atoms with Crippen molar-refractivity contribution in [3.8, 4) is 0 Å². The lowest BCUT2D eigenvalue weighted by Crippen LogP contribution is -2.18. The first-order valence-corrected chi connectivity index (χ1v) is 7.15. The number of rotatable bonds is 6. The van der Waals surface area contributed by atoms with Gasteiger partial charge in [0, 0.05) is 12.8 Å². The van der Waals surface area contributed by atoms with Crippen LogP contribution in [0.5, 0.6) is 0 Å². The monoisotopic (exact) mass is 224 g/mol. The average Bonchev–Trinajstić information content (AvgIpc) is 2.29. The second-order valence-electron chi connectivity index (χ2n) is 5.81. The molecule has 0 heterocycles. The van der Waals surface area contributed by atoms with Gasteiger partial charge in [-0.1, -0.05) is 40.0 Å². The summed E-state index contributed by atoms with van der Waals surface area (Å²) >= 11 is 0. The molecule has 0 aromatic heterocycles. The van der Waals surface area contributed by atoms with Gasteiger partial charge in [0.05, 0.1) is 0 Å². The molecule has 16 heavy (non-hydrogen) atoms. The molecule has 0 aromatic carbocycles. The highest BCUT2D eigenvalue weighted by Crippen LogP contribution is 2.35. The molecule has 1 heteroatoms. The third-order valence-electron chi connectivity index (χ3n) is 4.30. The van der Waals surface area contributed by atoms with Crippen molar-refractivity contribution in [2.75, 3.05) is 0 Å². The van der Waals surface area contributed by atoms with Gasteiger partial charge in [-0.15, -0.1) is 0 Å². The topological polar surface area (TPSA) is 17.1 Å². The second-order valence-corrected chi connectivity index (χ2v) is 5.81. The Morgan fingerprint density at radius 2 is 1.81 bits per heavy atom. The molecule has 1 saturated carbocycles. The number of ketones is 1. The fourth-order valence-electron chi connectivity index (χ4n) is 2.91. The van der Waals surface area contributed by atoms with E-state index in [1.165, 1.54) is 32.1 Å². The van der Waals surface area contributed by atoms with Crippen LogP contribution in [0, 0.1) is 17.8 Å². The predicted octanol–water partition coefficient (Wildman–Crippen LogP) is 4.60. The largest absolute Gasteiger partial charge is 0.300 e. The lowest BCUT2D eigenvalue weighted by atomic mass is 9.75. The second kappa shape index (κ2) is 7.09. The van der Waals surface area contributed by atoms with Gasteiger partial charge < -0.3 is 0 Å². The Morgan fingerprint density at radius 1 is 1.19 bits per heavy atom. The van der Waals surface area contributed by atoms with Crippen LogP contribution in [-0.4, -0.2) is 5.78 Å². The Morgan fingerprint density at radius 3 is 2.31 bits per heavy atom. The van der Waals surface area contributed by atoms with E-state index in [9.17, 15) is 4.79 Å². The minimum atomic E-state index is 0.441. The minimum Gasteiger partial charge on any atom is -0.300 e. The first kappa shape index (κ1) is 13.7. The van der Waals surface area contributed by atoms with Gasteiger partial charge in [-0.2, -0.15) is 0 Å². The van der Waals surface area contributed by atoms with E-state index in [2.05, 4.69) is 13.8 Å². The van der Waals surface area contributed by atoms with E-state index >= 15 is 0 Å². The van der Waals surface area contributed by atoms with Crippen LogP contribution in [0.3, 0.4) is 0 Å². The van der Waals surface area contributed by atoms with Gasteiger partial charge in [-0.3, -0.25) is 4.79 Å². The normalized spacial score (nSPS) is 26.0. The van der Waals surface area contributed by atoms with Gasteiger partial charge in [0.2, 0.25) is 0 Å². The Balaban J connectivity index is 2.10. The zero-order valence-electron chi connectivity index (χ0n) is 11.3. The number of hydrogen-bond acceptors (Lipinski definition) is 1. The van der Waals surface area contributed by atoms with Crippen molar-refractivity contribution < 1.29 is 4.79 Å². The average molecular weight is 224 g/mol. The van der Waals surface area contributed by atoms with Crippen LogP contribution in [0.1, 0.15) is 72.1 Å². The zero-order valence-corrected chi connectivity index (χ0v) is 11.3. The summed E-state index contributed by atoms with van der Waals surface area (Å²) in [6, 6.07) is 0.